The molecule has 3 heterocycles. The SMILES string of the molecule is O=C(c1ccccc1)N1CCCC1c1[nH]ncc1-c1ccncc1. The smallest absolute Gasteiger partial charge is 0.254 e. The average Bonchev–Trinajstić information content (AvgIpc) is 3.31. The number of hydrogen-bond donors (Lipinski definition) is 1. The van der Waals surface area contributed by atoms with Crippen LogP contribution in [-0.4, -0.2) is 32.5 Å². The zero-order valence-electron chi connectivity index (χ0n) is 13.2. The van der Waals surface area contributed by atoms with Gasteiger partial charge in [-0.05, 0) is 42.7 Å². The molecule has 5 heteroatoms. The molecule has 24 heavy (non-hydrogen) atoms. The number of pyridine rings is 1. The number of H-pyrrole nitrogens is 1. The van der Waals surface area contributed by atoms with Gasteiger partial charge < -0.3 is 4.90 Å². The first-order valence-corrected chi connectivity index (χ1v) is 8.14. The molecule has 4 rings (SSSR count). The molecule has 0 radical (unpaired) electrons. The van der Waals surface area contributed by atoms with E-state index in [2.05, 4.69) is 15.2 Å². The van der Waals surface area contributed by atoms with Crippen molar-refractivity contribution >= 4 is 5.91 Å². The van der Waals surface area contributed by atoms with Gasteiger partial charge in [0, 0.05) is 30.1 Å². The number of rotatable bonds is 3. The van der Waals surface area contributed by atoms with Gasteiger partial charge in [-0.1, -0.05) is 18.2 Å². The van der Waals surface area contributed by atoms with E-state index in [-0.39, 0.29) is 11.9 Å². The highest BCUT2D eigenvalue weighted by Gasteiger charge is 2.33. The third-order valence-corrected chi connectivity index (χ3v) is 4.53. The van der Waals surface area contributed by atoms with Crippen LogP contribution in [0.15, 0.2) is 61.1 Å². The number of carbonyl (C=O) groups is 1. The topological polar surface area (TPSA) is 61.9 Å². The van der Waals surface area contributed by atoms with Gasteiger partial charge in [-0.15, -0.1) is 0 Å². The predicted molar refractivity (Wildman–Crippen MR) is 91.3 cm³/mol. The summed E-state index contributed by atoms with van der Waals surface area (Å²) in [4.78, 5) is 18.9. The number of benzene rings is 1. The van der Waals surface area contributed by atoms with Crippen LogP contribution in [0.2, 0.25) is 0 Å². The maximum Gasteiger partial charge on any atom is 0.254 e. The Morgan fingerprint density at radius 2 is 1.92 bits per heavy atom. The largest absolute Gasteiger partial charge is 0.330 e. The fourth-order valence-corrected chi connectivity index (χ4v) is 3.37. The number of aromatic amines is 1. The molecule has 120 valence electrons. The molecule has 0 aliphatic carbocycles. The van der Waals surface area contributed by atoms with Crippen LogP contribution in [0.3, 0.4) is 0 Å². The van der Waals surface area contributed by atoms with E-state index in [0.717, 1.165) is 41.8 Å². The van der Waals surface area contributed by atoms with Crippen LogP contribution in [0.4, 0.5) is 0 Å². The highest BCUT2D eigenvalue weighted by Crippen LogP contribution is 2.37. The molecule has 0 saturated carbocycles. The lowest BCUT2D eigenvalue weighted by molar-refractivity contribution is 0.0733. The first-order chi connectivity index (χ1) is 11.8. The number of likely N-dealkylation sites (tertiary alicyclic amines) is 1. The summed E-state index contributed by atoms with van der Waals surface area (Å²) in [6, 6.07) is 13.4. The van der Waals surface area contributed by atoms with E-state index < -0.39 is 0 Å². The maximum absolute atomic E-state index is 12.9. The molecule has 1 aliphatic rings. The first-order valence-electron chi connectivity index (χ1n) is 8.14. The molecular weight excluding hydrogens is 300 g/mol. The van der Waals surface area contributed by atoms with E-state index in [9.17, 15) is 4.79 Å². The zero-order chi connectivity index (χ0) is 16.4. The van der Waals surface area contributed by atoms with Crippen LogP contribution in [0.5, 0.6) is 0 Å². The van der Waals surface area contributed by atoms with E-state index in [1.807, 2.05) is 53.6 Å². The molecule has 1 atom stereocenters. The van der Waals surface area contributed by atoms with Crippen molar-refractivity contribution < 1.29 is 4.79 Å². The Labute approximate surface area is 140 Å². The molecule has 1 amide bonds. The molecule has 2 aromatic heterocycles. The van der Waals surface area contributed by atoms with Gasteiger partial charge in [0.05, 0.1) is 17.9 Å². The lowest BCUT2D eigenvalue weighted by Crippen LogP contribution is -2.31. The van der Waals surface area contributed by atoms with Crippen LogP contribution >= 0.6 is 0 Å². The molecule has 0 bridgehead atoms. The van der Waals surface area contributed by atoms with Gasteiger partial charge in [-0.2, -0.15) is 5.10 Å². The van der Waals surface area contributed by atoms with E-state index in [1.165, 1.54) is 0 Å². The van der Waals surface area contributed by atoms with Crippen molar-refractivity contribution in [1.29, 1.82) is 0 Å². The van der Waals surface area contributed by atoms with Crippen molar-refractivity contribution in [2.75, 3.05) is 6.54 Å². The Hall–Kier alpha value is -2.95. The van der Waals surface area contributed by atoms with Crippen molar-refractivity contribution in [3.8, 4) is 11.1 Å². The molecule has 1 N–H and O–H groups in total. The molecule has 1 aromatic carbocycles. The van der Waals surface area contributed by atoms with Gasteiger partial charge in [0.2, 0.25) is 0 Å². The highest BCUT2D eigenvalue weighted by molar-refractivity contribution is 5.94. The Morgan fingerprint density at radius 3 is 2.71 bits per heavy atom. The number of nitrogens with one attached hydrogen (secondary N) is 1. The summed E-state index contributed by atoms with van der Waals surface area (Å²) >= 11 is 0. The number of hydrogen-bond acceptors (Lipinski definition) is 3. The second-order valence-electron chi connectivity index (χ2n) is 5.96. The molecule has 0 spiro atoms. The van der Waals surface area contributed by atoms with Crippen LogP contribution in [0.25, 0.3) is 11.1 Å². The molecule has 5 nitrogen and oxygen atoms in total. The van der Waals surface area contributed by atoms with Crippen molar-refractivity contribution in [3.63, 3.8) is 0 Å². The van der Waals surface area contributed by atoms with Gasteiger partial charge in [-0.3, -0.25) is 14.9 Å². The van der Waals surface area contributed by atoms with Crippen molar-refractivity contribution in [2.45, 2.75) is 18.9 Å². The van der Waals surface area contributed by atoms with Gasteiger partial charge in [-0.25, -0.2) is 0 Å². The van der Waals surface area contributed by atoms with Gasteiger partial charge in [0.15, 0.2) is 0 Å². The molecule has 3 aromatic rings. The van der Waals surface area contributed by atoms with Crippen molar-refractivity contribution in [3.05, 3.63) is 72.3 Å². The second-order valence-corrected chi connectivity index (χ2v) is 5.96. The summed E-state index contributed by atoms with van der Waals surface area (Å²) in [5, 5.41) is 7.34. The minimum Gasteiger partial charge on any atom is -0.330 e. The van der Waals surface area contributed by atoms with Gasteiger partial charge in [0.1, 0.15) is 0 Å². The van der Waals surface area contributed by atoms with E-state index in [1.54, 1.807) is 12.4 Å². The van der Waals surface area contributed by atoms with E-state index in [0.29, 0.717) is 0 Å². The Kier molecular flexibility index (Phi) is 3.83. The zero-order valence-corrected chi connectivity index (χ0v) is 13.2. The summed E-state index contributed by atoms with van der Waals surface area (Å²) in [5.41, 5.74) is 3.83. The van der Waals surface area contributed by atoms with Crippen LogP contribution in [0.1, 0.15) is 34.9 Å². The number of amides is 1. The average molecular weight is 318 g/mol. The van der Waals surface area contributed by atoms with Gasteiger partial charge >= 0.3 is 0 Å². The summed E-state index contributed by atoms with van der Waals surface area (Å²) in [7, 11) is 0. The molecule has 1 saturated heterocycles. The molecular formula is C19H18N4O. The third-order valence-electron chi connectivity index (χ3n) is 4.53. The fraction of sp³-hybridized carbons (Fsp3) is 0.211. The van der Waals surface area contributed by atoms with Crippen molar-refractivity contribution in [1.82, 2.24) is 20.1 Å². The summed E-state index contributed by atoms with van der Waals surface area (Å²) in [6.07, 6.45) is 7.31. The molecule has 1 fully saturated rings. The van der Waals surface area contributed by atoms with E-state index in [4.69, 9.17) is 0 Å². The summed E-state index contributed by atoms with van der Waals surface area (Å²) in [5.74, 6) is 0.0772. The standard InChI is InChI=1S/C19H18N4O/c24-19(15-5-2-1-3-6-15)23-12-4-7-17(23)18-16(13-21-22-18)14-8-10-20-11-9-14/h1-3,5-6,8-11,13,17H,4,7,12H2,(H,21,22). The van der Waals surface area contributed by atoms with Crippen LogP contribution in [-0.2, 0) is 0 Å². The Balaban J connectivity index is 1.67. The number of carbonyl (C=O) groups excluding carboxylic acids is 1. The third kappa shape index (κ3) is 2.58. The number of nitrogens with zero attached hydrogens (tertiary/aromatic N) is 3. The fourth-order valence-electron chi connectivity index (χ4n) is 3.37. The summed E-state index contributed by atoms with van der Waals surface area (Å²) in [6.45, 7) is 0.771. The number of aromatic nitrogens is 3. The van der Waals surface area contributed by atoms with Crippen molar-refractivity contribution in [2.24, 2.45) is 0 Å². The van der Waals surface area contributed by atoms with Crippen LogP contribution < -0.4 is 0 Å². The Morgan fingerprint density at radius 1 is 1.12 bits per heavy atom. The molecule has 1 unspecified atom stereocenters. The maximum atomic E-state index is 12.9. The quantitative estimate of drug-likeness (QED) is 0.804. The molecule has 1 aliphatic heterocycles. The lowest BCUT2D eigenvalue weighted by Gasteiger charge is -2.25. The van der Waals surface area contributed by atoms with Gasteiger partial charge in [0.25, 0.3) is 5.91 Å². The summed E-state index contributed by atoms with van der Waals surface area (Å²) < 4.78 is 0. The first kappa shape index (κ1) is 14.6. The monoisotopic (exact) mass is 318 g/mol. The minimum absolute atomic E-state index is 0.0309. The van der Waals surface area contributed by atoms with E-state index >= 15 is 0 Å². The second kappa shape index (κ2) is 6.28. The predicted octanol–water partition coefficient (Wildman–Crippen LogP) is 3.45. The lowest BCUT2D eigenvalue weighted by atomic mass is 10.0. The highest BCUT2D eigenvalue weighted by atomic mass is 16.2. The normalized spacial score (nSPS) is 17.2. The Bertz CT molecular complexity index is 829. The van der Waals surface area contributed by atoms with Crippen LogP contribution in [0, 0.1) is 0 Å². The minimum atomic E-state index is 0.0309.